The van der Waals surface area contributed by atoms with Gasteiger partial charge in [-0.2, -0.15) is 0 Å². The first-order valence-corrected chi connectivity index (χ1v) is 10.9. The van der Waals surface area contributed by atoms with Crippen LogP contribution in [0.15, 0.2) is 47.3 Å². The maximum Gasteiger partial charge on any atom is 0.326 e. The standard InChI is InChI=1S/C24H30N4O4/c1-15(17-6-9-22-20(12-17)26-24(31)27(22)2)23(30)25-21(14-28-11-10-18(29)13-28)16-4-7-19(32-3)8-5-16/h4-9,12,15,18,21,29H,10-11,13-14H2,1-3H3,(H,25,30)(H,26,31)/t15?,18?,21-/m1/s1. The molecule has 32 heavy (non-hydrogen) atoms. The van der Waals surface area contributed by atoms with E-state index in [4.69, 9.17) is 4.74 Å². The molecule has 1 aliphatic rings. The number of fused-ring (bicyclic) bond motifs is 1. The number of β-amino-alcohol motifs (C(OH)–C–C–N with tert-alkyl or cyclic N) is 1. The number of likely N-dealkylation sites (tertiary alicyclic amines) is 1. The molecule has 0 aliphatic carbocycles. The predicted octanol–water partition coefficient (Wildman–Crippen LogP) is 1.90. The molecule has 8 nitrogen and oxygen atoms in total. The summed E-state index contributed by atoms with van der Waals surface area (Å²) in [4.78, 5) is 30.1. The highest BCUT2D eigenvalue weighted by atomic mass is 16.5. The first kappa shape index (κ1) is 22.1. The number of hydrogen-bond donors (Lipinski definition) is 3. The highest BCUT2D eigenvalue weighted by Crippen LogP contribution is 2.24. The fourth-order valence-electron chi connectivity index (χ4n) is 4.28. The number of methoxy groups -OCH3 is 1. The van der Waals surface area contributed by atoms with E-state index in [1.165, 1.54) is 0 Å². The average molecular weight is 439 g/mol. The van der Waals surface area contributed by atoms with Crippen molar-refractivity contribution in [1.29, 1.82) is 0 Å². The van der Waals surface area contributed by atoms with E-state index in [1.807, 2.05) is 49.4 Å². The highest BCUT2D eigenvalue weighted by molar-refractivity contribution is 5.85. The molecule has 0 spiro atoms. The Hall–Kier alpha value is -3.10. The quantitative estimate of drug-likeness (QED) is 0.523. The van der Waals surface area contributed by atoms with Gasteiger partial charge in [0.15, 0.2) is 0 Å². The number of nitrogens with zero attached hydrogens (tertiary/aromatic N) is 2. The molecule has 1 aliphatic heterocycles. The van der Waals surface area contributed by atoms with Gasteiger partial charge in [-0.05, 0) is 48.7 Å². The van der Waals surface area contributed by atoms with Crippen LogP contribution in [0.5, 0.6) is 5.75 Å². The van der Waals surface area contributed by atoms with Crippen molar-refractivity contribution in [1.82, 2.24) is 19.8 Å². The molecule has 0 bridgehead atoms. The molecule has 8 heteroatoms. The van der Waals surface area contributed by atoms with Gasteiger partial charge in [0.2, 0.25) is 5.91 Å². The van der Waals surface area contributed by atoms with Gasteiger partial charge in [0, 0.05) is 26.7 Å². The van der Waals surface area contributed by atoms with Crippen molar-refractivity contribution < 1.29 is 14.6 Å². The molecule has 170 valence electrons. The number of aromatic amines is 1. The van der Waals surface area contributed by atoms with Gasteiger partial charge in [-0.25, -0.2) is 4.79 Å². The summed E-state index contributed by atoms with van der Waals surface area (Å²) in [6, 6.07) is 13.1. The lowest BCUT2D eigenvalue weighted by Gasteiger charge is -2.26. The number of aryl methyl sites for hydroxylation is 1. The summed E-state index contributed by atoms with van der Waals surface area (Å²) < 4.78 is 6.81. The molecular weight excluding hydrogens is 408 g/mol. The van der Waals surface area contributed by atoms with E-state index in [-0.39, 0.29) is 23.7 Å². The number of carbonyl (C=O) groups is 1. The Morgan fingerprint density at radius 2 is 1.97 bits per heavy atom. The maximum atomic E-state index is 13.2. The number of amides is 1. The van der Waals surface area contributed by atoms with Gasteiger partial charge in [0.25, 0.3) is 0 Å². The number of benzene rings is 2. The molecule has 1 aromatic heterocycles. The smallest absolute Gasteiger partial charge is 0.326 e. The van der Waals surface area contributed by atoms with Gasteiger partial charge >= 0.3 is 5.69 Å². The van der Waals surface area contributed by atoms with Crippen LogP contribution in [-0.2, 0) is 11.8 Å². The SMILES string of the molecule is COc1ccc([C@@H](CN2CCC(O)C2)NC(=O)C(C)c2ccc3c(c2)[nH]c(=O)n3C)cc1. The Labute approximate surface area is 186 Å². The van der Waals surface area contributed by atoms with Crippen LogP contribution < -0.4 is 15.7 Å². The Morgan fingerprint density at radius 1 is 1.25 bits per heavy atom. The van der Waals surface area contributed by atoms with Crippen LogP contribution in [0.3, 0.4) is 0 Å². The zero-order chi connectivity index (χ0) is 22.8. The fourth-order valence-corrected chi connectivity index (χ4v) is 4.28. The highest BCUT2D eigenvalue weighted by Gasteiger charge is 2.26. The zero-order valence-corrected chi connectivity index (χ0v) is 18.7. The van der Waals surface area contributed by atoms with Gasteiger partial charge in [0.1, 0.15) is 5.75 Å². The van der Waals surface area contributed by atoms with E-state index < -0.39 is 5.92 Å². The van der Waals surface area contributed by atoms with E-state index >= 15 is 0 Å². The normalized spacial score (nSPS) is 18.6. The number of hydrogen-bond acceptors (Lipinski definition) is 5. The second kappa shape index (κ2) is 9.18. The number of H-pyrrole nitrogens is 1. The van der Waals surface area contributed by atoms with Crippen molar-refractivity contribution in [2.75, 3.05) is 26.7 Å². The average Bonchev–Trinajstić information content (AvgIpc) is 3.34. The van der Waals surface area contributed by atoms with Gasteiger partial charge in [-0.1, -0.05) is 18.2 Å². The Kier molecular flexibility index (Phi) is 6.34. The summed E-state index contributed by atoms with van der Waals surface area (Å²) in [6.45, 7) is 3.89. The molecule has 1 fully saturated rings. The first-order chi connectivity index (χ1) is 15.4. The molecule has 1 saturated heterocycles. The van der Waals surface area contributed by atoms with Crippen molar-refractivity contribution in [2.24, 2.45) is 7.05 Å². The molecule has 3 aromatic rings. The zero-order valence-electron chi connectivity index (χ0n) is 18.7. The largest absolute Gasteiger partial charge is 0.497 e. The van der Waals surface area contributed by atoms with Crippen LogP contribution in [-0.4, -0.2) is 58.3 Å². The number of aromatic nitrogens is 2. The molecular formula is C24H30N4O4. The maximum absolute atomic E-state index is 13.2. The third-order valence-corrected chi connectivity index (χ3v) is 6.34. The second-order valence-corrected chi connectivity index (χ2v) is 8.52. The minimum atomic E-state index is -0.395. The number of imidazole rings is 1. The third-order valence-electron chi connectivity index (χ3n) is 6.34. The molecule has 0 radical (unpaired) electrons. The van der Waals surface area contributed by atoms with Crippen LogP contribution in [0, 0.1) is 0 Å². The van der Waals surface area contributed by atoms with E-state index in [2.05, 4.69) is 15.2 Å². The minimum Gasteiger partial charge on any atom is -0.497 e. The summed E-state index contributed by atoms with van der Waals surface area (Å²) in [6.07, 6.45) is 0.426. The molecule has 3 atom stereocenters. The topological polar surface area (TPSA) is 99.6 Å². The van der Waals surface area contributed by atoms with Crippen molar-refractivity contribution in [2.45, 2.75) is 31.4 Å². The first-order valence-electron chi connectivity index (χ1n) is 10.9. The number of aliphatic hydroxyl groups is 1. The van der Waals surface area contributed by atoms with Crippen molar-refractivity contribution in [3.05, 3.63) is 64.1 Å². The van der Waals surface area contributed by atoms with Crippen LogP contribution in [0.2, 0.25) is 0 Å². The molecule has 3 N–H and O–H groups in total. The molecule has 2 heterocycles. The third kappa shape index (κ3) is 4.56. The molecule has 2 unspecified atom stereocenters. The minimum absolute atomic E-state index is 0.0943. The number of carbonyl (C=O) groups excluding carboxylic acids is 1. The number of nitrogens with one attached hydrogen (secondary N) is 2. The van der Waals surface area contributed by atoms with E-state index in [9.17, 15) is 14.7 Å². The molecule has 1 amide bonds. The van der Waals surface area contributed by atoms with Crippen molar-refractivity contribution in [3.63, 3.8) is 0 Å². The summed E-state index contributed by atoms with van der Waals surface area (Å²) in [5, 5.41) is 13.1. The lowest BCUT2D eigenvalue weighted by molar-refractivity contribution is -0.123. The lowest BCUT2D eigenvalue weighted by atomic mass is 9.98. The Balaban J connectivity index is 1.54. The van der Waals surface area contributed by atoms with Gasteiger partial charge in [-0.15, -0.1) is 0 Å². The second-order valence-electron chi connectivity index (χ2n) is 8.52. The van der Waals surface area contributed by atoms with Crippen LogP contribution in [0.1, 0.15) is 36.4 Å². The predicted molar refractivity (Wildman–Crippen MR) is 123 cm³/mol. The van der Waals surface area contributed by atoms with E-state index in [0.717, 1.165) is 35.4 Å². The van der Waals surface area contributed by atoms with Crippen LogP contribution >= 0.6 is 0 Å². The summed E-state index contributed by atoms with van der Waals surface area (Å²) >= 11 is 0. The lowest BCUT2D eigenvalue weighted by Crippen LogP contribution is -2.39. The summed E-state index contributed by atoms with van der Waals surface area (Å²) in [5.41, 5.74) is 3.15. The van der Waals surface area contributed by atoms with Gasteiger partial charge < -0.3 is 20.1 Å². The van der Waals surface area contributed by atoms with Crippen LogP contribution in [0.25, 0.3) is 11.0 Å². The Bertz CT molecular complexity index is 1150. The van der Waals surface area contributed by atoms with Gasteiger partial charge in [0.05, 0.1) is 36.2 Å². The molecule has 4 rings (SSSR count). The number of rotatable bonds is 7. The Morgan fingerprint density at radius 3 is 2.62 bits per heavy atom. The molecule has 2 aromatic carbocycles. The molecule has 0 saturated carbocycles. The van der Waals surface area contributed by atoms with Crippen LogP contribution in [0.4, 0.5) is 0 Å². The number of ether oxygens (including phenoxy) is 1. The monoisotopic (exact) mass is 438 g/mol. The summed E-state index contributed by atoms with van der Waals surface area (Å²) in [5.74, 6) is 0.269. The van der Waals surface area contributed by atoms with E-state index in [1.54, 1.807) is 18.7 Å². The van der Waals surface area contributed by atoms with Gasteiger partial charge in [-0.3, -0.25) is 14.3 Å². The summed E-state index contributed by atoms with van der Waals surface area (Å²) in [7, 11) is 3.34. The number of aliphatic hydroxyl groups excluding tert-OH is 1. The fraction of sp³-hybridized carbons (Fsp3) is 0.417. The van der Waals surface area contributed by atoms with Crippen molar-refractivity contribution >= 4 is 16.9 Å². The van der Waals surface area contributed by atoms with Crippen molar-refractivity contribution in [3.8, 4) is 5.75 Å². The van der Waals surface area contributed by atoms with E-state index in [0.29, 0.717) is 18.6 Å².